The first-order valence-corrected chi connectivity index (χ1v) is 10.6. The van der Waals surface area contributed by atoms with Gasteiger partial charge >= 0.3 is 6.09 Å². The van der Waals surface area contributed by atoms with Crippen molar-refractivity contribution in [2.24, 2.45) is 11.8 Å². The molecule has 2 atom stereocenters. The molecule has 2 bridgehead atoms. The summed E-state index contributed by atoms with van der Waals surface area (Å²) >= 11 is 0. The van der Waals surface area contributed by atoms with E-state index in [1.54, 1.807) is 20.8 Å². The Kier molecular flexibility index (Phi) is 5.45. The maximum Gasteiger partial charge on any atom is 0.407 e. The van der Waals surface area contributed by atoms with Crippen LogP contribution in [0.3, 0.4) is 0 Å². The van der Waals surface area contributed by atoms with Gasteiger partial charge in [0.2, 0.25) is 0 Å². The fourth-order valence-electron chi connectivity index (χ4n) is 4.56. The van der Waals surface area contributed by atoms with E-state index in [1.165, 1.54) is 35.4 Å². The number of fused-ring (bicyclic) bond motifs is 2. The summed E-state index contributed by atoms with van der Waals surface area (Å²) in [5.41, 5.74) is 0.0213. The van der Waals surface area contributed by atoms with Crippen LogP contribution < -0.4 is 5.32 Å². The van der Waals surface area contributed by atoms with Crippen LogP contribution in [0.5, 0.6) is 0 Å². The Morgan fingerprint density at radius 2 is 1.90 bits per heavy atom. The third kappa shape index (κ3) is 4.26. The molecule has 2 amide bonds. The molecule has 0 radical (unpaired) electrons. The molecule has 9 heteroatoms. The average Bonchev–Trinajstić information content (AvgIpc) is 3.18. The van der Waals surface area contributed by atoms with E-state index in [1.807, 2.05) is 4.90 Å². The highest BCUT2D eigenvalue weighted by Gasteiger charge is 2.51. The van der Waals surface area contributed by atoms with Crippen molar-refractivity contribution in [2.75, 3.05) is 6.54 Å². The van der Waals surface area contributed by atoms with Gasteiger partial charge in [0.1, 0.15) is 11.4 Å². The summed E-state index contributed by atoms with van der Waals surface area (Å²) in [5.74, 6) is -0.0695. The van der Waals surface area contributed by atoms with Gasteiger partial charge in [-0.05, 0) is 63.6 Å². The van der Waals surface area contributed by atoms with Gasteiger partial charge in [0.15, 0.2) is 0 Å². The van der Waals surface area contributed by atoms with Gasteiger partial charge in [-0.15, -0.1) is 0 Å². The van der Waals surface area contributed by atoms with Gasteiger partial charge in [-0.3, -0.25) is 4.79 Å². The molecule has 1 saturated carbocycles. The quantitative estimate of drug-likeness (QED) is 0.806. The summed E-state index contributed by atoms with van der Waals surface area (Å²) < 4.78 is 19.5. The van der Waals surface area contributed by atoms with Crippen LogP contribution in [0.2, 0.25) is 0 Å². The number of hydrogen-bond donors (Lipinski definition) is 1. The van der Waals surface area contributed by atoms with E-state index in [2.05, 4.69) is 22.4 Å². The number of ether oxygens (including phenoxy) is 1. The Hall–Kier alpha value is -2.97. The minimum atomic E-state index is -0.604. The van der Waals surface area contributed by atoms with Crippen LogP contribution in [-0.4, -0.2) is 56.1 Å². The zero-order valence-corrected chi connectivity index (χ0v) is 18.2. The fourth-order valence-corrected chi connectivity index (χ4v) is 4.56. The Morgan fingerprint density at radius 1 is 1.23 bits per heavy atom. The number of benzene rings is 1. The molecule has 1 aromatic heterocycles. The lowest BCUT2D eigenvalue weighted by atomic mass is 9.64. The van der Waals surface area contributed by atoms with Gasteiger partial charge in [-0.2, -0.15) is 15.0 Å². The number of aromatic nitrogens is 3. The zero-order chi connectivity index (χ0) is 22.3. The minimum absolute atomic E-state index is 0.0702. The molecule has 3 fully saturated rings. The number of nitrogens with zero attached hydrogens (tertiary/aromatic N) is 4. The van der Waals surface area contributed by atoms with Crippen LogP contribution in [0.1, 0.15) is 50.9 Å². The van der Waals surface area contributed by atoms with E-state index >= 15 is 0 Å². The number of nitrogens with one attached hydrogen (secondary N) is 1. The topological polar surface area (TPSA) is 89.4 Å². The van der Waals surface area contributed by atoms with Crippen molar-refractivity contribution in [3.05, 3.63) is 42.0 Å². The van der Waals surface area contributed by atoms with Crippen LogP contribution in [0, 0.1) is 17.7 Å². The molecule has 1 N–H and O–H groups in total. The van der Waals surface area contributed by atoms with Crippen molar-refractivity contribution < 1.29 is 18.7 Å². The van der Waals surface area contributed by atoms with E-state index in [-0.39, 0.29) is 36.0 Å². The van der Waals surface area contributed by atoms with Crippen molar-refractivity contribution in [3.63, 3.8) is 0 Å². The van der Waals surface area contributed by atoms with Crippen molar-refractivity contribution in [2.45, 2.75) is 58.2 Å². The fraction of sp³-hybridized carbons (Fsp3) is 0.545. The molecule has 0 spiro atoms. The molecule has 3 aliphatic rings. The largest absolute Gasteiger partial charge is 0.444 e. The number of rotatable bonds is 4. The number of halogens is 1. The van der Waals surface area contributed by atoms with Crippen LogP contribution >= 0.6 is 0 Å². The molecule has 2 saturated heterocycles. The van der Waals surface area contributed by atoms with E-state index in [9.17, 15) is 14.0 Å². The van der Waals surface area contributed by atoms with Crippen molar-refractivity contribution >= 4 is 12.0 Å². The molecule has 2 aliphatic heterocycles. The number of piperidine rings is 2. The van der Waals surface area contributed by atoms with Gasteiger partial charge in [0, 0.05) is 12.6 Å². The molecule has 2 unspecified atom stereocenters. The number of carbonyl (C=O) groups excluding carboxylic acids is 2. The summed E-state index contributed by atoms with van der Waals surface area (Å²) in [7, 11) is 0. The lowest BCUT2D eigenvalue weighted by molar-refractivity contribution is -0.0544. The molecule has 3 heterocycles. The molecule has 1 aliphatic carbocycles. The third-order valence-electron chi connectivity index (χ3n) is 6.16. The van der Waals surface area contributed by atoms with Gasteiger partial charge in [-0.1, -0.05) is 6.92 Å². The second kappa shape index (κ2) is 7.94. The molecule has 1 aromatic carbocycles. The monoisotopic (exact) mass is 429 g/mol. The zero-order valence-electron chi connectivity index (χ0n) is 18.2. The molecule has 2 aromatic rings. The van der Waals surface area contributed by atoms with Crippen LogP contribution in [0.4, 0.5) is 9.18 Å². The Labute approximate surface area is 180 Å². The Morgan fingerprint density at radius 3 is 2.55 bits per heavy atom. The lowest BCUT2D eigenvalue weighted by Gasteiger charge is -2.57. The van der Waals surface area contributed by atoms with Crippen LogP contribution in [0.25, 0.3) is 5.69 Å². The molecule has 31 heavy (non-hydrogen) atoms. The Balaban J connectivity index is 1.60. The highest BCUT2D eigenvalue weighted by molar-refractivity contribution is 5.98. The summed E-state index contributed by atoms with van der Waals surface area (Å²) in [6, 6.07) is 3.89. The highest BCUT2D eigenvalue weighted by Crippen LogP contribution is 2.47. The summed E-state index contributed by atoms with van der Waals surface area (Å²) in [4.78, 5) is 29.0. The van der Waals surface area contributed by atoms with Gasteiger partial charge in [0.05, 0.1) is 29.7 Å². The first-order valence-electron chi connectivity index (χ1n) is 10.6. The van der Waals surface area contributed by atoms with E-state index in [4.69, 9.17) is 4.74 Å². The van der Waals surface area contributed by atoms with E-state index < -0.39 is 17.5 Å². The molecule has 5 rings (SSSR count). The van der Waals surface area contributed by atoms with Gasteiger partial charge in [0.25, 0.3) is 5.91 Å². The van der Waals surface area contributed by atoms with Crippen molar-refractivity contribution in [1.29, 1.82) is 0 Å². The van der Waals surface area contributed by atoms with Crippen LogP contribution in [-0.2, 0) is 4.74 Å². The molecular weight excluding hydrogens is 401 g/mol. The predicted molar refractivity (Wildman–Crippen MR) is 111 cm³/mol. The number of hydrogen-bond acceptors (Lipinski definition) is 5. The second-order valence-electron chi connectivity index (χ2n) is 9.39. The number of amides is 2. The van der Waals surface area contributed by atoms with Gasteiger partial charge in [-0.25, -0.2) is 9.18 Å². The first kappa shape index (κ1) is 21.3. The van der Waals surface area contributed by atoms with Crippen LogP contribution in [0.15, 0.2) is 30.6 Å². The summed E-state index contributed by atoms with van der Waals surface area (Å²) in [5, 5.41) is 11.0. The van der Waals surface area contributed by atoms with Crippen molar-refractivity contribution in [1.82, 2.24) is 25.2 Å². The molecular formula is C22H28FN5O3. The predicted octanol–water partition coefficient (Wildman–Crippen LogP) is 3.17. The normalized spacial score (nSPS) is 25.0. The third-order valence-corrected chi connectivity index (χ3v) is 6.16. The molecule has 8 nitrogen and oxygen atoms in total. The Bertz CT molecular complexity index is 966. The summed E-state index contributed by atoms with van der Waals surface area (Å²) in [6.07, 6.45) is 4.33. The van der Waals surface area contributed by atoms with E-state index in [0.717, 1.165) is 12.8 Å². The number of carbonyl (C=O) groups is 2. The SMILES string of the molecule is CC1C2CC(C2)N(C(=O)c2cc(F)ccc2-n2nccn2)C1CNC(=O)OC(C)(C)C. The van der Waals surface area contributed by atoms with Crippen molar-refractivity contribution in [3.8, 4) is 5.69 Å². The summed E-state index contributed by atoms with van der Waals surface area (Å²) in [6.45, 7) is 7.78. The smallest absolute Gasteiger partial charge is 0.407 e. The number of alkyl carbamates (subject to hydrolysis) is 1. The van der Waals surface area contributed by atoms with Gasteiger partial charge < -0.3 is 15.0 Å². The molecule has 166 valence electrons. The maximum absolute atomic E-state index is 14.1. The van der Waals surface area contributed by atoms with E-state index in [0.29, 0.717) is 11.6 Å². The highest BCUT2D eigenvalue weighted by atomic mass is 19.1. The standard InChI is InChI=1S/C22H28FN5O3/c1-13-14-9-16(10-14)27(19(13)12-24-21(30)31-22(2,3)4)20(29)17-11-15(23)5-6-18(17)28-25-7-8-26-28/h5-8,11,13-14,16,19H,9-10,12H2,1-4H3,(H,24,30). The first-order chi connectivity index (χ1) is 14.6. The second-order valence-corrected chi connectivity index (χ2v) is 9.39. The lowest BCUT2D eigenvalue weighted by Crippen LogP contribution is -2.65. The average molecular weight is 429 g/mol. The minimum Gasteiger partial charge on any atom is -0.444 e. The maximum atomic E-state index is 14.1.